The molecule has 0 atom stereocenters. The van der Waals surface area contributed by atoms with Crippen LogP contribution in [-0.2, 0) is 16.3 Å². The van der Waals surface area contributed by atoms with Crippen LogP contribution in [0.2, 0.25) is 5.02 Å². The average Bonchev–Trinajstić information content (AvgIpc) is 2.53. The third-order valence-electron chi connectivity index (χ3n) is 3.18. The molecule has 2 aromatic carbocycles. The number of ether oxygens (including phenoxy) is 1. The third-order valence-corrected chi connectivity index (χ3v) is 4.90. The standard InChI is InChI=1S/C15H11ClF3NO5S/c1-24-9-3-4-10(14(20)21)12(7-9)25-26(22,23)13-6-8(15(17,18)19)2-5-11(13)16/h2-7H,1H3,(H2,20,21). The van der Waals surface area contributed by atoms with E-state index in [0.29, 0.717) is 12.1 Å². The Bertz CT molecular complexity index is 960. The number of hydrogen-bond acceptors (Lipinski definition) is 5. The molecule has 2 aromatic rings. The third kappa shape index (κ3) is 4.20. The molecular formula is C15H11ClF3NO5S. The molecule has 11 heteroatoms. The molecule has 140 valence electrons. The van der Waals surface area contributed by atoms with Crippen molar-refractivity contribution in [1.29, 1.82) is 0 Å². The molecule has 6 nitrogen and oxygen atoms in total. The van der Waals surface area contributed by atoms with E-state index in [9.17, 15) is 26.4 Å². The number of nitrogens with two attached hydrogens (primary N) is 1. The number of hydrogen-bond donors (Lipinski definition) is 1. The van der Waals surface area contributed by atoms with E-state index in [-0.39, 0.29) is 11.3 Å². The van der Waals surface area contributed by atoms with E-state index < -0.39 is 43.4 Å². The zero-order valence-electron chi connectivity index (χ0n) is 13.0. The summed E-state index contributed by atoms with van der Waals surface area (Å²) in [4.78, 5) is 10.5. The molecule has 0 saturated heterocycles. The van der Waals surface area contributed by atoms with Crippen LogP contribution in [0.4, 0.5) is 13.2 Å². The molecule has 1 amide bonds. The van der Waals surface area contributed by atoms with Gasteiger partial charge in [0.15, 0.2) is 5.75 Å². The maximum absolute atomic E-state index is 12.8. The average molecular weight is 410 g/mol. The summed E-state index contributed by atoms with van der Waals surface area (Å²) >= 11 is 5.72. The van der Waals surface area contributed by atoms with Gasteiger partial charge in [0.2, 0.25) is 0 Å². The summed E-state index contributed by atoms with van der Waals surface area (Å²) in [5.41, 5.74) is 3.61. The van der Waals surface area contributed by atoms with Crippen molar-refractivity contribution in [1.82, 2.24) is 0 Å². The first-order chi connectivity index (χ1) is 12.0. The zero-order chi connectivity index (χ0) is 19.7. The minimum Gasteiger partial charge on any atom is -0.497 e. The zero-order valence-corrected chi connectivity index (χ0v) is 14.6. The van der Waals surface area contributed by atoms with E-state index in [0.717, 1.165) is 18.2 Å². The number of primary amides is 1. The molecule has 0 saturated carbocycles. The first-order valence-corrected chi connectivity index (χ1v) is 8.53. The van der Waals surface area contributed by atoms with Gasteiger partial charge in [-0.3, -0.25) is 4.79 Å². The monoisotopic (exact) mass is 409 g/mol. The Balaban J connectivity index is 2.55. The normalized spacial score (nSPS) is 11.9. The van der Waals surface area contributed by atoms with Crippen LogP contribution in [0.15, 0.2) is 41.3 Å². The Kier molecular flexibility index (Phi) is 5.38. The topological polar surface area (TPSA) is 95.7 Å². The number of carbonyl (C=O) groups is 1. The Labute approximate surface area is 151 Å². The maximum atomic E-state index is 12.8. The lowest BCUT2D eigenvalue weighted by Crippen LogP contribution is -2.17. The second-order valence-electron chi connectivity index (χ2n) is 4.91. The Morgan fingerprint density at radius 1 is 1.15 bits per heavy atom. The van der Waals surface area contributed by atoms with Crippen LogP contribution in [0.1, 0.15) is 15.9 Å². The Morgan fingerprint density at radius 3 is 2.35 bits per heavy atom. The van der Waals surface area contributed by atoms with Crippen molar-refractivity contribution in [2.24, 2.45) is 5.73 Å². The summed E-state index contributed by atoms with van der Waals surface area (Å²) in [6.07, 6.45) is -4.79. The highest BCUT2D eigenvalue weighted by atomic mass is 35.5. The molecule has 2 N–H and O–H groups in total. The van der Waals surface area contributed by atoms with Crippen LogP contribution in [0, 0.1) is 0 Å². The largest absolute Gasteiger partial charge is 0.497 e. The van der Waals surface area contributed by atoms with Gasteiger partial charge >= 0.3 is 16.3 Å². The van der Waals surface area contributed by atoms with Gasteiger partial charge in [-0.1, -0.05) is 11.6 Å². The quantitative estimate of drug-likeness (QED) is 0.765. The number of methoxy groups -OCH3 is 1. The highest BCUT2D eigenvalue weighted by Crippen LogP contribution is 2.35. The Morgan fingerprint density at radius 2 is 1.81 bits per heavy atom. The van der Waals surface area contributed by atoms with Crippen molar-refractivity contribution < 1.29 is 35.3 Å². The molecule has 0 aliphatic rings. The fraction of sp³-hybridized carbons (Fsp3) is 0.133. The molecule has 2 rings (SSSR count). The number of alkyl halides is 3. The van der Waals surface area contributed by atoms with Crippen LogP contribution < -0.4 is 14.7 Å². The van der Waals surface area contributed by atoms with Crippen molar-refractivity contribution >= 4 is 27.6 Å². The lowest BCUT2D eigenvalue weighted by molar-refractivity contribution is -0.137. The van der Waals surface area contributed by atoms with Gasteiger partial charge in [0.1, 0.15) is 10.6 Å². The number of rotatable bonds is 5. The van der Waals surface area contributed by atoms with E-state index in [1.54, 1.807) is 0 Å². The van der Waals surface area contributed by atoms with E-state index in [2.05, 4.69) is 0 Å². The van der Waals surface area contributed by atoms with Crippen LogP contribution in [0.25, 0.3) is 0 Å². The summed E-state index contributed by atoms with van der Waals surface area (Å²) in [5.74, 6) is -1.38. The molecule has 0 aromatic heterocycles. The summed E-state index contributed by atoms with van der Waals surface area (Å²) in [5, 5.41) is -0.485. The summed E-state index contributed by atoms with van der Waals surface area (Å²) in [7, 11) is -3.52. The van der Waals surface area contributed by atoms with Crippen LogP contribution in [0.5, 0.6) is 11.5 Å². The number of carbonyl (C=O) groups excluding carboxylic acids is 1. The van der Waals surface area contributed by atoms with Crippen molar-refractivity contribution in [2.45, 2.75) is 11.1 Å². The van der Waals surface area contributed by atoms with E-state index in [1.807, 2.05) is 0 Å². The molecule has 0 unspecified atom stereocenters. The molecule has 26 heavy (non-hydrogen) atoms. The minimum atomic E-state index is -4.80. The second kappa shape index (κ2) is 7.04. The second-order valence-corrected chi connectivity index (χ2v) is 6.83. The molecule has 0 bridgehead atoms. The Hall–Kier alpha value is -2.46. The SMILES string of the molecule is COc1ccc(C(N)=O)c(OS(=O)(=O)c2cc(C(F)(F)F)ccc2Cl)c1. The number of amides is 1. The van der Waals surface area contributed by atoms with Gasteiger partial charge in [-0.25, -0.2) is 0 Å². The lowest BCUT2D eigenvalue weighted by atomic mass is 10.2. The highest BCUT2D eigenvalue weighted by molar-refractivity contribution is 7.87. The van der Waals surface area contributed by atoms with Crippen molar-refractivity contribution in [3.63, 3.8) is 0 Å². The molecule has 0 radical (unpaired) electrons. The first-order valence-electron chi connectivity index (χ1n) is 6.75. The fourth-order valence-corrected chi connectivity index (χ4v) is 3.38. The van der Waals surface area contributed by atoms with E-state index in [4.69, 9.17) is 26.3 Å². The van der Waals surface area contributed by atoms with Crippen molar-refractivity contribution in [3.05, 3.63) is 52.5 Å². The molecule has 0 aliphatic carbocycles. The fourth-order valence-electron chi connectivity index (χ4n) is 1.94. The van der Waals surface area contributed by atoms with Crippen LogP contribution >= 0.6 is 11.6 Å². The summed E-state index contributed by atoms with van der Waals surface area (Å²) in [6, 6.07) is 5.28. The van der Waals surface area contributed by atoms with Gasteiger partial charge in [-0.15, -0.1) is 0 Å². The summed E-state index contributed by atoms with van der Waals surface area (Å²) < 4.78 is 73.0. The molecule has 0 heterocycles. The van der Waals surface area contributed by atoms with E-state index >= 15 is 0 Å². The summed E-state index contributed by atoms with van der Waals surface area (Å²) in [6.45, 7) is 0. The predicted octanol–water partition coefficient (Wildman–Crippen LogP) is 3.23. The van der Waals surface area contributed by atoms with Gasteiger partial charge in [0.25, 0.3) is 5.91 Å². The van der Waals surface area contributed by atoms with Crippen LogP contribution in [0.3, 0.4) is 0 Å². The van der Waals surface area contributed by atoms with Crippen molar-refractivity contribution in [3.8, 4) is 11.5 Å². The van der Waals surface area contributed by atoms with Gasteiger partial charge in [-0.05, 0) is 30.3 Å². The van der Waals surface area contributed by atoms with Crippen LogP contribution in [-0.4, -0.2) is 21.4 Å². The molecular weight excluding hydrogens is 399 g/mol. The predicted molar refractivity (Wildman–Crippen MR) is 85.8 cm³/mol. The first kappa shape index (κ1) is 19.9. The number of halogens is 4. The minimum absolute atomic E-state index is 0.135. The molecule has 0 fully saturated rings. The molecule has 0 spiro atoms. The van der Waals surface area contributed by atoms with Crippen molar-refractivity contribution in [2.75, 3.05) is 7.11 Å². The van der Waals surface area contributed by atoms with E-state index in [1.165, 1.54) is 13.2 Å². The maximum Gasteiger partial charge on any atom is 0.416 e. The number of benzene rings is 2. The van der Waals surface area contributed by atoms with Gasteiger partial charge in [0.05, 0.1) is 23.3 Å². The smallest absolute Gasteiger partial charge is 0.416 e. The van der Waals surface area contributed by atoms with Gasteiger partial charge < -0.3 is 14.7 Å². The van der Waals surface area contributed by atoms with Gasteiger partial charge in [-0.2, -0.15) is 21.6 Å². The van der Waals surface area contributed by atoms with Gasteiger partial charge in [0, 0.05) is 6.07 Å². The highest BCUT2D eigenvalue weighted by Gasteiger charge is 2.33. The lowest BCUT2D eigenvalue weighted by Gasteiger charge is -2.13. The molecule has 0 aliphatic heterocycles.